The third-order valence-corrected chi connectivity index (χ3v) is 2.52. The lowest BCUT2D eigenvalue weighted by Gasteiger charge is -2.10. The standard InChI is InChI=1S/C10H12ClNO3/c1-5-2-9(13)6(3-7(5)11)4-8(12)10(14)15/h2-3,8,13H,4,12H2,1H3,(H,14,15). The second kappa shape index (κ2) is 4.51. The fourth-order valence-corrected chi connectivity index (χ4v) is 1.38. The van der Waals surface area contributed by atoms with Gasteiger partial charge in [0, 0.05) is 11.4 Å². The van der Waals surface area contributed by atoms with E-state index in [1.54, 1.807) is 6.92 Å². The van der Waals surface area contributed by atoms with Crippen molar-refractivity contribution in [2.75, 3.05) is 0 Å². The van der Waals surface area contributed by atoms with Crippen LogP contribution in [0.2, 0.25) is 5.02 Å². The molecule has 15 heavy (non-hydrogen) atoms. The minimum Gasteiger partial charge on any atom is -0.508 e. The average molecular weight is 230 g/mol. The van der Waals surface area contributed by atoms with Crippen molar-refractivity contribution in [2.24, 2.45) is 5.73 Å². The van der Waals surface area contributed by atoms with Gasteiger partial charge in [-0.2, -0.15) is 0 Å². The summed E-state index contributed by atoms with van der Waals surface area (Å²) in [5.41, 5.74) is 6.53. The fourth-order valence-electron chi connectivity index (χ4n) is 1.20. The number of carbonyl (C=O) groups is 1. The Balaban J connectivity index is 2.95. The van der Waals surface area contributed by atoms with Gasteiger partial charge < -0.3 is 15.9 Å². The van der Waals surface area contributed by atoms with Gasteiger partial charge in [0.05, 0.1) is 0 Å². The summed E-state index contributed by atoms with van der Waals surface area (Å²) >= 11 is 5.85. The number of phenolic OH excluding ortho intramolecular Hbond substituents is 1. The van der Waals surface area contributed by atoms with Crippen molar-refractivity contribution < 1.29 is 15.0 Å². The molecule has 82 valence electrons. The van der Waals surface area contributed by atoms with Crippen LogP contribution in [0.1, 0.15) is 11.1 Å². The summed E-state index contributed by atoms with van der Waals surface area (Å²) in [4.78, 5) is 10.5. The Morgan fingerprint density at radius 1 is 1.60 bits per heavy atom. The Bertz CT molecular complexity index is 392. The molecule has 4 N–H and O–H groups in total. The normalized spacial score (nSPS) is 12.5. The largest absolute Gasteiger partial charge is 0.508 e. The van der Waals surface area contributed by atoms with Gasteiger partial charge in [0.25, 0.3) is 0 Å². The summed E-state index contributed by atoms with van der Waals surface area (Å²) in [5.74, 6) is -1.08. The minimum atomic E-state index is -1.11. The van der Waals surface area contributed by atoms with Crippen molar-refractivity contribution in [1.29, 1.82) is 0 Å². The molecule has 5 heteroatoms. The van der Waals surface area contributed by atoms with Crippen molar-refractivity contribution in [3.63, 3.8) is 0 Å². The number of hydrogen-bond acceptors (Lipinski definition) is 3. The molecule has 0 saturated heterocycles. The van der Waals surface area contributed by atoms with Crippen LogP contribution in [-0.2, 0) is 11.2 Å². The van der Waals surface area contributed by atoms with Crippen LogP contribution in [0.3, 0.4) is 0 Å². The Kier molecular flexibility index (Phi) is 3.55. The average Bonchev–Trinajstić information content (AvgIpc) is 2.13. The number of nitrogens with two attached hydrogens (primary N) is 1. The monoisotopic (exact) mass is 229 g/mol. The summed E-state index contributed by atoms with van der Waals surface area (Å²) in [6.07, 6.45) is 0.0567. The quantitative estimate of drug-likeness (QED) is 0.730. The number of aromatic hydroxyl groups is 1. The van der Waals surface area contributed by atoms with E-state index in [1.165, 1.54) is 12.1 Å². The molecule has 1 aromatic carbocycles. The molecule has 0 aliphatic carbocycles. The highest BCUT2D eigenvalue weighted by atomic mass is 35.5. The molecule has 0 aromatic heterocycles. The first kappa shape index (κ1) is 11.8. The van der Waals surface area contributed by atoms with Gasteiger partial charge in [-0.05, 0) is 30.2 Å². The number of carboxylic acids is 1. The molecule has 0 bridgehead atoms. The van der Waals surface area contributed by atoms with Crippen LogP contribution in [0.4, 0.5) is 0 Å². The van der Waals surface area contributed by atoms with Crippen LogP contribution in [0.5, 0.6) is 5.75 Å². The number of aryl methyl sites for hydroxylation is 1. The van der Waals surface area contributed by atoms with Gasteiger partial charge >= 0.3 is 5.97 Å². The number of carboxylic acid groups (broad SMARTS) is 1. The molecule has 4 nitrogen and oxygen atoms in total. The van der Waals surface area contributed by atoms with Gasteiger partial charge in [0.2, 0.25) is 0 Å². The fraction of sp³-hybridized carbons (Fsp3) is 0.300. The molecule has 0 saturated carbocycles. The first-order valence-corrected chi connectivity index (χ1v) is 4.76. The SMILES string of the molecule is Cc1cc(O)c(CC(N)C(=O)O)cc1Cl. The van der Waals surface area contributed by atoms with Crippen molar-refractivity contribution in [2.45, 2.75) is 19.4 Å². The Labute approximate surface area is 92.3 Å². The van der Waals surface area contributed by atoms with Gasteiger partial charge in [-0.1, -0.05) is 11.6 Å². The van der Waals surface area contributed by atoms with E-state index in [0.717, 1.165) is 5.56 Å². The van der Waals surface area contributed by atoms with Crippen molar-refractivity contribution >= 4 is 17.6 Å². The molecule has 0 aliphatic heterocycles. The first-order chi connectivity index (χ1) is 6.91. The number of hydrogen-bond donors (Lipinski definition) is 3. The smallest absolute Gasteiger partial charge is 0.320 e. The Hall–Kier alpha value is -1.26. The predicted molar refractivity (Wildman–Crippen MR) is 57.2 cm³/mol. The highest BCUT2D eigenvalue weighted by Gasteiger charge is 2.15. The number of phenols is 1. The lowest BCUT2D eigenvalue weighted by molar-refractivity contribution is -0.138. The van der Waals surface area contributed by atoms with Gasteiger partial charge in [-0.25, -0.2) is 0 Å². The van der Waals surface area contributed by atoms with E-state index in [2.05, 4.69) is 0 Å². The van der Waals surface area contributed by atoms with Crippen LogP contribution >= 0.6 is 11.6 Å². The number of aliphatic carboxylic acids is 1. The van der Waals surface area contributed by atoms with E-state index in [4.69, 9.17) is 22.4 Å². The second-order valence-electron chi connectivity index (χ2n) is 3.38. The van der Waals surface area contributed by atoms with Gasteiger partial charge in [0.1, 0.15) is 11.8 Å². The Morgan fingerprint density at radius 3 is 2.73 bits per heavy atom. The van der Waals surface area contributed by atoms with E-state index in [0.29, 0.717) is 10.6 Å². The zero-order valence-corrected chi connectivity index (χ0v) is 8.95. The van der Waals surface area contributed by atoms with E-state index in [1.807, 2.05) is 0 Å². The molecular weight excluding hydrogens is 218 g/mol. The summed E-state index contributed by atoms with van der Waals surface area (Å²) < 4.78 is 0. The summed E-state index contributed by atoms with van der Waals surface area (Å²) in [7, 11) is 0. The van der Waals surface area contributed by atoms with E-state index < -0.39 is 12.0 Å². The van der Waals surface area contributed by atoms with Gasteiger partial charge in [-0.15, -0.1) is 0 Å². The molecule has 1 atom stereocenters. The summed E-state index contributed by atoms with van der Waals surface area (Å²) in [6.45, 7) is 1.75. The maximum absolute atomic E-state index is 10.5. The molecule has 0 heterocycles. The zero-order valence-electron chi connectivity index (χ0n) is 8.20. The van der Waals surface area contributed by atoms with Crippen LogP contribution in [-0.4, -0.2) is 22.2 Å². The number of benzene rings is 1. The molecule has 1 unspecified atom stereocenters. The molecule has 0 aliphatic rings. The number of rotatable bonds is 3. The van der Waals surface area contributed by atoms with Gasteiger partial charge in [-0.3, -0.25) is 4.79 Å². The maximum Gasteiger partial charge on any atom is 0.320 e. The second-order valence-corrected chi connectivity index (χ2v) is 3.79. The topological polar surface area (TPSA) is 83.5 Å². The highest BCUT2D eigenvalue weighted by molar-refractivity contribution is 6.31. The van der Waals surface area contributed by atoms with Crippen LogP contribution in [0, 0.1) is 6.92 Å². The molecular formula is C10H12ClNO3. The zero-order chi connectivity index (χ0) is 11.6. The van der Waals surface area contributed by atoms with E-state index in [9.17, 15) is 9.90 Å². The molecule has 1 rings (SSSR count). The van der Waals surface area contributed by atoms with E-state index in [-0.39, 0.29) is 12.2 Å². The first-order valence-electron chi connectivity index (χ1n) is 4.38. The van der Waals surface area contributed by atoms with Gasteiger partial charge in [0.15, 0.2) is 0 Å². The third-order valence-electron chi connectivity index (χ3n) is 2.12. The lowest BCUT2D eigenvalue weighted by Crippen LogP contribution is -2.32. The summed E-state index contributed by atoms with van der Waals surface area (Å²) in [5, 5.41) is 18.6. The van der Waals surface area contributed by atoms with Crippen molar-refractivity contribution in [1.82, 2.24) is 0 Å². The van der Waals surface area contributed by atoms with Crippen LogP contribution in [0.25, 0.3) is 0 Å². The lowest BCUT2D eigenvalue weighted by atomic mass is 10.0. The van der Waals surface area contributed by atoms with Crippen molar-refractivity contribution in [3.8, 4) is 5.75 Å². The van der Waals surface area contributed by atoms with E-state index >= 15 is 0 Å². The molecule has 0 spiro atoms. The van der Waals surface area contributed by atoms with Crippen LogP contribution < -0.4 is 5.73 Å². The molecule has 0 amide bonds. The molecule has 0 radical (unpaired) electrons. The number of halogens is 1. The Morgan fingerprint density at radius 2 is 2.20 bits per heavy atom. The van der Waals surface area contributed by atoms with Crippen molar-refractivity contribution in [3.05, 3.63) is 28.3 Å². The summed E-state index contributed by atoms with van der Waals surface area (Å²) in [6, 6.07) is 2.00. The predicted octanol–water partition coefficient (Wildman–Crippen LogP) is 1.31. The maximum atomic E-state index is 10.5. The minimum absolute atomic E-state index is 0.0219. The highest BCUT2D eigenvalue weighted by Crippen LogP contribution is 2.26. The van der Waals surface area contributed by atoms with Crippen LogP contribution in [0.15, 0.2) is 12.1 Å². The molecule has 1 aromatic rings. The molecule has 0 fully saturated rings. The third kappa shape index (κ3) is 2.84.